The molecule has 7 rings (SSSR count). The lowest BCUT2D eigenvalue weighted by atomic mass is 10.0. The molecule has 1 aromatic carbocycles. The number of allylic oxidation sites excluding steroid dienone is 2. The quantitative estimate of drug-likeness (QED) is 0.250. The molecule has 0 bridgehead atoms. The SMILES string of the molecule is COc1ccc(CN(C)c2cc(NC3=CC=CN(c4ccccn4)C3=C=O)nn3c(C(=O)N[C@@H]4CN(C5CC5)C4=C=O)cnc23)cc1. The number of ether oxygens (including phenoxy) is 1. The fourth-order valence-electron chi connectivity index (χ4n) is 5.75. The van der Waals surface area contributed by atoms with Gasteiger partial charge in [-0.1, -0.05) is 18.2 Å². The molecule has 1 atom stereocenters. The van der Waals surface area contributed by atoms with Crippen LogP contribution >= 0.6 is 0 Å². The van der Waals surface area contributed by atoms with Crippen LogP contribution in [-0.4, -0.2) is 75.1 Å². The highest BCUT2D eigenvalue weighted by atomic mass is 16.5. The number of nitrogens with zero attached hydrogens (tertiary/aromatic N) is 7. The van der Waals surface area contributed by atoms with Crippen molar-refractivity contribution in [3.05, 3.63) is 108 Å². The van der Waals surface area contributed by atoms with E-state index in [1.54, 1.807) is 48.7 Å². The summed E-state index contributed by atoms with van der Waals surface area (Å²) in [7, 11) is 3.54. The minimum absolute atomic E-state index is 0.191. The first kappa shape index (κ1) is 29.5. The van der Waals surface area contributed by atoms with Gasteiger partial charge < -0.3 is 25.2 Å². The molecule has 2 N–H and O–H groups in total. The number of amides is 1. The number of aromatic nitrogens is 4. The number of nitrogens with one attached hydrogen (secondary N) is 2. The summed E-state index contributed by atoms with van der Waals surface area (Å²) in [5.41, 5.74) is 3.46. The Morgan fingerprint density at radius 3 is 2.64 bits per heavy atom. The highest BCUT2D eigenvalue weighted by Crippen LogP contribution is 2.36. The lowest BCUT2D eigenvalue weighted by Gasteiger charge is -2.41. The number of rotatable bonds is 10. The fourth-order valence-corrected chi connectivity index (χ4v) is 5.75. The van der Waals surface area contributed by atoms with Crippen LogP contribution in [0.15, 0.2) is 96.4 Å². The van der Waals surface area contributed by atoms with E-state index in [4.69, 9.17) is 9.84 Å². The number of imidazole rings is 1. The van der Waals surface area contributed by atoms with Crippen molar-refractivity contribution in [1.82, 2.24) is 29.8 Å². The standard InChI is InChI=1S/C34H31N9O4/c1-40(18-22-8-12-24(47-2)13-9-22)27-16-31(37-25-6-5-15-41(29(25)20-44)32-7-3-4-14-35-32)39-43-28(17-36-33(27)43)34(46)38-26-19-42(23-10-11-23)30(26)21-45/h3-9,12-17,23,26H,10-11,18-19H2,1-2H3,(H,37,39)(H,38,46)/t26-/m1/s1. The maximum absolute atomic E-state index is 13.6. The van der Waals surface area contributed by atoms with Gasteiger partial charge in [0.1, 0.15) is 23.2 Å². The number of likely N-dealkylation sites (tertiary alicyclic amines) is 1. The van der Waals surface area contributed by atoms with E-state index in [9.17, 15) is 14.4 Å². The van der Waals surface area contributed by atoms with E-state index in [0.29, 0.717) is 53.5 Å². The largest absolute Gasteiger partial charge is 0.497 e. The van der Waals surface area contributed by atoms with Crippen LogP contribution in [0.3, 0.4) is 0 Å². The molecular weight excluding hydrogens is 598 g/mol. The molecule has 236 valence electrons. The number of fused-ring (bicyclic) bond motifs is 1. The number of methoxy groups -OCH3 is 1. The van der Waals surface area contributed by atoms with Crippen LogP contribution in [0.2, 0.25) is 0 Å². The van der Waals surface area contributed by atoms with Crippen LogP contribution in [0.1, 0.15) is 28.9 Å². The van der Waals surface area contributed by atoms with Gasteiger partial charge in [-0.3, -0.25) is 9.69 Å². The molecule has 0 spiro atoms. The molecule has 1 saturated carbocycles. The fraction of sp³-hybridized carbons (Fsp3) is 0.235. The Labute approximate surface area is 270 Å². The van der Waals surface area contributed by atoms with E-state index in [2.05, 4.69) is 20.6 Å². The molecule has 3 aliphatic rings. The van der Waals surface area contributed by atoms with Gasteiger partial charge in [-0.05, 0) is 54.8 Å². The lowest BCUT2D eigenvalue weighted by molar-refractivity contribution is 0.0886. The van der Waals surface area contributed by atoms with Crippen molar-refractivity contribution in [2.45, 2.75) is 31.5 Å². The van der Waals surface area contributed by atoms with Crippen molar-refractivity contribution >= 4 is 40.8 Å². The van der Waals surface area contributed by atoms with Crippen LogP contribution in [0.25, 0.3) is 5.65 Å². The van der Waals surface area contributed by atoms with Crippen molar-refractivity contribution in [3.8, 4) is 5.75 Å². The lowest BCUT2D eigenvalue weighted by Crippen LogP contribution is -2.58. The van der Waals surface area contributed by atoms with E-state index in [0.717, 1.165) is 24.2 Å². The summed E-state index contributed by atoms with van der Waals surface area (Å²) >= 11 is 0. The number of anilines is 3. The Hall–Kier alpha value is -6.16. The zero-order chi connectivity index (χ0) is 32.5. The Balaban J connectivity index is 1.22. The minimum atomic E-state index is -0.429. The number of benzene rings is 1. The van der Waals surface area contributed by atoms with Gasteiger partial charge in [0, 0.05) is 44.6 Å². The summed E-state index contributed by atoms with van der Waals surface area (Å²) in [4.78, 5) is 52.1. The molecule has 4 aromatic rings. The van der Waals surface area contributed by atoms with Gasteiger partial charge in [0.05, 0.1) is 30.7 Å². The summed E-state index contributed by atoms with van der Waals surface area (Å²) in [6, 6.07) is 14.9. The average Bonchev–Trinajstić information content (AvgIpc) is 3.83. The Morgan fingerprint density at radius 2 is 1.94 bits per heavy atom. The first-order valence-electron chi connectivity index (χ1n) is 15.1. The van der Waals surface area contributed by atoms with Crippen LogP contribution < -0.4 is 25.2 Å². The van der Waals surface area contributed by atoms with Gasteiger partial charge >= 0.3 is 0 Å². The summed E-state index contributed by atoms with van der Waals surface area (Å²) in [5.74, 6) is 5.27. The maximum Gasteiger partial charge on any atom is 0.272 e. The second kappa shape index (κ2) is 12.3. The number of carbonyl (C=O) groups excluding carboxylic acids is 3. The molecule has 1 aliphatic carbocycles. The second-order valence-corrected chi connectivity index (χ2v) is 11.5. The predicted molar refractivity (Wildman–Crippen MR) is 175 cm³/mol. The van der Waals surface area contributed by atoms with E-state index in [1.165, 1.54) is 10.7 Å². The summed E-state index contributed by atoms with van der Waals surface area (Å²) < 4.78 is 6.78. The maximum atomic E-state index is 13.6. The first-order valence-corrected chi connectivity index (χ1v) is 15.1. The number of hydrogen-bond acceptors (Lipinski definition) is 11. The monoisotopic (exact) mass is 629 g/mol. The second-order valence-electron chi connectivity index (χ2n) is 11.5. The van der Waals surface area contributed by atoms with Crippen molar-refractivity contribution in [1.29, 1.82) is 0 Å². The van der Waals surface area contributed by atoms with Gasteiger partial charge in [-0.2, -0.15) is 0 Å². The number of hydrogen-bond donors (Lipinski definition) is 2. The van der Waals surface area contributed by atoms with Crippen molar-refractivity contribution in [3.63, 3.8) is 0 Å². The number of pyridine rings is 1. The highest BCUT2D eigenvalue weighted by Gasteiger charge is 2.43. The van der Waals surface area contributed by atoms with E-state index in [1.807, 2.05) is 65.1 Å². The third-order valence-corrected chi connectivity index (χ3v) is 8.34. The van der Waals surface area contributed by atoms with Crippen LogP contribution in [0.4, 0.5) is 17.3 Å². The van der Waals surface area contributed by atoms with Crippen LogP contribution in [-0.2, 0) is 16.1 Å². The zero-order valence-corrected chi connectivity index (χ0v) is 25.8. The van der Waals surface area contributed by atoms with E-state index >= 15 is 0 Å². The Bertz CT molecular complexity index is 2000. The molecule has 1 saturated heterocycles. The zero-order valence-electron chi connectivity index (χ0n) is 25.8. The molecule has 13 heteroatoms. The molecule has 3 aromatic heterocycles. The molecule has 13 nitrogen and oxygen atoms in total. The van der Waals surface area contributed by atoms with Crippen LogP contribution in [0, 0.1) is 0 Å². The summed E-state index contributed by atoms with van der Waals surface area (Å²) in [5, 5.41) is 10.9. The van der Waals surface area contributed by atoms with Gasteiger partial charge in [-0.15, -0.1) is 5.10 Å². The summed E-state index contributed by atoms with van der Waals surface area (Å²) in [6.45, 7) is 1.07. The van der Waals surface area contributed by atoms with Gasteiger partial charge in [0.25, 0.3) is 5.91 Å². The van der Waals surface area contributed by atoms with Crippen LogP contribution in [0.5, 0.6) is 5.75 Å². The predicted octanol–water partition coefficient (Wildman–Crippen LogP) is 3.11. The van der Waals surface area contributed by atoms with Gasteiger partial charge in [0.2, 0.25) is 0 Å². The van der Waals surface area contributed by atoms with Gasteiger partial charge in [0.15, 0.2) is 28.8 Å². The third kappa shape index (κ3) is 5.72. The molecule has 5 heterocycles. The molecule has 2 aliphatic heterocycles. The molecule has 0 unspecified atom stereocenters. The Morgan fingerprint density at radius 1 is 1.11 bits per heavy atom. The highest BCUT2D eigenvalue weighted by molar-refractivity contribution is 5.95. The molecule has 2 fully saturated rings. The smallest absolute Gasteiger partial charge is 0.272 e. The van der Waals surface area contributed by atoms with Crippen molar-refractivity contribution in [2.75, 3.05) is 35.8 Å². The molecular formula is C34H31N9O4. The molecule has 1 amide bonds. The van der Waals surface area contributed by atoms with E-state index < -0.39 is 11.9 Å². The van der Waals surface area contributed by atoms with E-state index in [-0.39, 0.29) is 11.4 Å². The summed E-state index contributed by atoms with van der Waals surface area (Å²) in [6.07, 6.45) is 10.4. The first-order chi connectivity index (χ1) is 23.0. The number of carbonyl (C=O) groups is 1. The normalized spacial score (nSPS) is 17.1. The molecule has 0 radical (unpaired) electrons. The topological polar surface area (TPSA) is 137 Å². The van der Waals surface area contributed by atoms with Crippen molar-refractivity contribution < 1.29 is 19.1 Å². The van der Waals surface area contributed by atoms with Crippen molar-refractivity contribution in [2.24, 2.45) is 0 Å². The minimum Gasteiger partial charge on any atom is -0.497 e. The van der Waals surface area contributed by atoms with Gasteiger partial charge in [-0.25, -0.2) is 24.1 Å². The molecule has 47 heavy (non-hydrogen) atoms. The third-order valence-electron chi connectivity index (χ3n) is 8.34. The average molecular weight is 630 g/mol. The Kier molecular flexibility index (Phi) is 7.75.